The van der Waals surface area contributed by atoms with E-state index in [-0.39, 0.29) is 6.09 Å². The van der Waals surface area contributed by atoms with Crippen molar-refractivity contribution in [2.45, 2.75) is 51.7 Å². The minimum absolute atomic E-state index is 0.281. The summed E-state index contributed by atoms with van der Waals surface area (Å²) in [6.45, 7) is 11.0. The number of benzene rings is 1. The molecule has 1 aromatic rings. The molecule has 1 amide bonds. The summed E-state index contributed by atoms with van der Waals surface area (Å²) in [6.07, 6.45) is 1.62. The van der Waals surface area contributed by atoms with Crippen molar-refractivity contribution in [3.05, 3.63) is 35.4 Å². The number of hydrogen-bond donors (Lipinski definition) is 0. The fourth-order valence-electron chi connectivity index (χ4n) is 2.64. The molecule has 0 bridgehead atoms. The molecule has 0 saturated carbocycles. The van der Waals surface area contributed by atoms with Crippen LogP contribution >= 0.6 is 12.0 Å². The first-order valence-corrected chi connectivity index (χ1v) is 9.12. The predicted octanol–water partition coefficient (Wildman–Crippen LogP) is 4.55. The van der Waals surface area contributed by atoms with Gasteiger partial charge in [-0.3, -0.25) is 0 Å². The van der Waals surface area contributed by atoms with Crippen molar-refractivity contribution < 1.29 is 13.7 Å². The highest BCUT2D eigenvalue weighted by atomic mass is 32.2. The molecule has 5 heteroatoms. The van der Waals surface area contributed by atoms with E-state index >= 15 is 0 Å². The van der Waals surface area contributed by atoms with E-state index in [1.54, 1.807) is 4.90 Å². The van der Waals surface area contributed by atoms with Crippen molar-refractivity contribution in [2.75, 3.05) is 19.3 Å². The van der Waals surface area contributed by atoms with E-state index in [4.69, 9.17) is 8.92 Å². The van der Waals surface area contributed by atoms with Crippen LogP contribution in [0.2, 0.25) is 0 Å². The van der Waals surface area contributed by atoms with Crippen LogP contribution in [0.25, 0.3) is 0 Å². The average molecular weight is 337 g/mol. The van der Waals surface area contributed by atoms with E-state index < -0.39 is 11.2 Å². The van der Waals surface area contributed by atoms with Gasteiger partial charge in [-0.05, 0) is 49.9 Å². The van der Waals surface area contributed by atoms with Gasteiger partial charge >= 0.3 is 6.09 Å². The van der Waals surface area contributed by atoms with Gasteiger partial charge in [-0.2, -0.15) is 0 Å². The average Bonchev–Trinajstić information content (AvgIpc) is 2.40. The van der Waals surface area contributed by atoms with Gasteiger partial charge in [0.1, 0.15) is 11.2 Å². The molecule has 1 aliphatic heterocycles. The standard InChI is InChI=1S/C18H27NO3S/c1-13(2)14-7-9-15(10-8-14)18(22-23-6)11-19(12-18)16(20)21-17(3,4)5/h7-10,13H,11-12H2,1-6H3. The summed E-state index contributed by atoms with van der Waals surface area (Å²) in [5.74, 6) is 0.501. The maximum absolute atomic E-state index is 12.1. The number of rotatable bonds is 4. The van der Waals surface area contributed by atoms with Gasteiger partial charge in [0.05, 0.1) is 13.1 Å². The molecular weight excluding hydrogens is 310 g/mol. The van der Waals surface area contributed by atoms with Crippen molar-refractivity contribution in [2.24, 2.45) is 0 Å². The molecule has 0 aliphatic carbocycles. The van der Waals surface area contributed by atoms with Crippen molar-refractivity contribution in [1.82, 2.24) is 4.90 Å². The lowest BCUT2D eigenvalue weighted by molar-refractivity contribution is -0.0768. The monoisotopic (exact) mass is 337 g/mol. The lowest BCUT2D eigenvalue weighted by Gasteiger charge is -2.48. The summed E-state index contributed by atoms with van der Waals surface area (Å²) in [7, 11) is 0. The zero-order valence-corrected chi connectivity index (χ0v) is 15.7. The van der Waals surface area contributed by atoms with Crippen LogP contribution in [0, 0.1) is 0 Å². The van der Waals surface area contributed by atoms with Crippen molar-refractivity contribution >= 4 is 18.1 Å². The highest BCUT2D eigenvalue weighted by Crippen LogP contribution is 2.39. The summed E-state index contributed by atoms with van der Waals surface area (Å²) < 4.78 is 11.4. The molecular formula is C18H27NO3S. The maximum atomic E-state index is 12.1. The Morgan fingerprint density at radius 2 is 1.78 bits per heavy atom. The molecule has 128 valence electrons. The number of hydrogen-bond acceptors (Lipinski definition) is 4. The van der Waals surface area contributed by atoms with Gasteiger partial charge in [-0.1, -0.05) is 38.1 Å². The van der Waals surface area contributed by atoms with E-state index in [2.05, 4.69) is 38.1 Å². The van der Waals surface area contributed by atoms with Crippen LogP contribution in [-0.2, 0) is 14.5 Å². The number of carbonyl (C=O) groups excluding carboxylic acids is 1. The summed E-state index contributed by atoms with van der Waals surface area (Å²) in [4.78, 5) is 13.8. The van der Waals surface area contributed by atoms with Crippen molar-refractivity contribution in [3.8, 4) is 0 Å². The van der Waals surface area contributed by atoms with Crippen LogP contribution in [-0.4, -0.2) is 35.9 Å². The number of likely N-dealkylation sites (tertiary alicyclic amines) is 1. The molecule has 1 aliphatic rings. The van der Waals surface area contributed by atoms with Crippen LogP contribution in [0.15, 0.2) is 24.3 Å². The van der Waals surface area contributed by atoms with Crippen LogP contribution in [0.3, 0.4) is 0 Å². The van der Waals surface area contributed by atoms with E-state index in [1.807, 2.05) is 27.0 Å². The molecule has 1 aromatic carbocycles. The Morgan fingerprint density at radius 3 is 2.22 bits per heavy atom. The molecule has 0 unspecified atom stereocenters. The van der Waals surface area contributed by atoms with Gasteiger partial charge < -0.3 is 13.8 Å². The largest absolute Gasteiger partial charge is 0.444 e. The Balaban J connectivity index is 2.10. The predicted molar refractivity (Wildman–Crippen MR) is 94.6 cm³/mol. The minimum Gasteiger partial charge on any atom is -0.444 e. The highest BCUT2D eigenvalue weighted by molar-refractivity contribution is 7.93. The lowest BCUT2D eigenvalue weighted by atomic mass is 9.85. The minimum atomic E-state index is -0.478. The first kappa shape index (κ1) is 18.1. The summed E-state index contributed by atoms with van der Waals surface area (Å²) in [5, 5.41) is 0. The second-order valence-electron chi connectivity index (χ2n) is 7.36. The molecule has 0 atom stereocenters. The van der Waals surface area contributed by atoms with Crippen LogP contribution in [0.1, 0.15) is 51.7 Å². The van der Waals surface area contributed by atoms with Crippen molar-refractivity contribution in [3.63, 3.8) is 0 Å². The molecule has 1 fully saturated rings. The van der Waals surface area contributed by atoms with Gasteiger partial charge in [-0.25, -0.2) is 4.79 Å². The zero-order valence-electron chi connectivity index (χ0n) is 14.9. The quantitative estimate of drug-likeness (QED) is 0.756. The van der Waals surface area contributed by atoms with Gasteiger partial charge in [0.15, 0.2) is 0 Å². The first-order valence-electron chi connectivity index (χ1n) is 7.97. The van der Waals surface area contributed by atoms with Gasteiger partial charge in [0.25, 0.3) is 0 Å². The molecule has 4 nitrogen and oxygen atoms in total. The summed E-state index contributed by atoms with van der Waals surface area (Å²) in [5.41, 5.74) is 1.49. The molecule has 1 saturated heterocycles. The fourth-order valence-corrected chi connectivity index (χ4v) is 3.16. The van der Waals surface area contributed by atoms with Gasteiger partial charge in [0.2, 0.25) is 0 Å². The maximum Gasteiger partial charge on any atom is 0.410 e. The van der Waals surface area contributed by atoms with Gasteiger partial charge in [-0.15, -0.1) is 0 Å². The Kier molecular flexibility index (Phi) is 5.31. The second kappa shape index (κ2) is 6.73. The number of carbonyl (C=O) groups is 1. The SMILES string of the molecule is CSOC1(c2ccc(C(C)C)cc2)CN(C(=O)OC(C)(C)C)C1. The summed E-state index contributed by atoms with van der Waals surface area (Å²) >= 11 is 1.34. The topological polar surface area (TPSA) is 38.8 Å². The number of ether oxygens (including phenoxy) is 1. The number of nitrogens with zero attached hydrogens (tertiary/aromatic N) is 1. The Morgan fingerprint density at radius 1 is 1.22 bits per heavy atom. The zero-order chi connectivity index (χ0) is 17.3. The third kappa shape index (κ3) is 4.21. The molecule has 1 heterocycles. The molecule has 23 heavy (non-hydrogen) atoms. The van der Waals surface area contributed by atoms with E-state index in [0.717, 1.165) is 5.56 Å². The smallest absolute Gasteiger partial charge is 0.410 e. The molecule has 0 N–H and O–H groups in total. The van der Waals surface area contributed by atoms with E-state index in [0.29, 0.717) is 19.0 Å². The first-order chi connectivity index (χ1) is 10.7. The third-order valence-corrected chi connectivity index (χ3v) is 4.38. The summed E-state index contributed by atoms with van der Waals surface area (Å²) in [6, 6.07) is 8.50. The van der Waals surface area contributed by atoms with Gasteiger partial charge in [0, 0.05) is 6.26 Å². The van der Waals surface area contributed by atoms with Crippen LogP contribution < -0.4 is 0 Å². The molecule has 0 radical (unpaired) electrons. The second-order valence-corrected chi connectivity index (χ2v) is 7.86. The normalized spacial score (nSPS) is 17.1. The molecule has 0 spiro atoms. The fraction of sp³-hybridized carbons (Fsp3) is 0.611. The van der Waals surface area contributed by atoms with E-state index in [1.165, 1.54) is 17.6 Å². The number of amides is 1. The molecule has 0 aromatic heterocycles. The van der Waals surface area contributed by atoms with Crippen LogP contribution in [0.5, 0.6) is 0 Å². The Labute approximate surface area is 143 Å². The lowest BCUT2D eigenvalue weighted by Crippen LogP contribution is -2.62. The Hall–Kier alpha value is -1.20. The molecule has 2 rings (SSSR count). The third-order valence-electron chi connectivity index (χ3n) is 3.89. The van der Waals surface area contributed by atoms with Crippen LogP contribution in [0.4, 0.5) is 4.79 Å². The highest BCUT2D eigenvalue weighted by Gasteiger charge is 2.49. The van der Waals surface area contributed by atoms with Crippen molar-refractivity contribution in [1.29, 1.82) is 0 Å². The Bertz CT molecular complexity index is 542. The van der Waals surface area contributed by atoms with E-state index in [9.17, 15) is 4.79 Å².